The van der Waals surface area contributed by atoms with Gasteiger partial charge in [0.05, 0.1) is 18.8 Å². The maximum absolute atomic E-state index is 6.00. The molecule has 1 saturated heterocycles. The van der Waals surface area contributed by atoms with Crippen LogP contribution in [0.4, 0.5) is 0 Å². The number of aryl methyl sites for hydroxylation is 1. The van der Waals surface area contributed by atoms with Gasteiger partial charge in [0, 0.05) is 23.7 Å². The summed E-state index contributed by atoms with van der Waals surface area (Å²) in [4.78, 5) is 0. The van der Waals surface area contributed by atoms with Gasteiger partial charge in [0.25, 0.3) is 0 Å². The van der Waals surface area contributed by atoms with Gasteiger partial charge in [0.15, 0.2) is 0 Å². The van der Waals surface area contributed by atoms with Gasteiger partial charge in [0.1, 0.15) is 5.69 Å². The summed E-state index contributed by atoms with van der Waals surface area (Å²) in [5, 5.41) is 8.74. The van der Waals surface area contributed by atoms with Crippen LogP contribution in [0.3, 0.4) is 0 Å². The van der Waals surface area contributed by atoms with Crippen molar-refractivity contribution in [3.8, 4) is 23.1 Å². The molecule has 1 saturated carbocycles. The maximum atomic E-state index is 6.00. The fourth-order valence-corrected chi connectivity index (χ4v) is 3.56. The Morgan fingerprint density at radius 2 is 2.15 bits per heavy atom. The lowest BCUT2D eigenvalue weighted by molar-refractivity contribution is -0.0771. The normalized spacial score (nSPS) is 21.9. The van der Waals surface area contributed by atoms with Crippen LogP contribution in [-0.4, -0.2) is 27.7 Å². The van der Waals surface area contributed by atoms with E-state index in [0.29, 0.717) is 5.92 Å². The molecule has 1 atom stereocenters. The second-order valence-corrected chi connectivity index (χ2v) is 8.35. The summed E-state index contributed by atoms with van der Waals surface area (Å²) in [5.74, 6) is 7.23. The van der Waals surface area contributed by atoms with Crippen molar-refractivity contribution in [2.75, 3.05) is 6.61 Å². The Morgan fingerprint density at radius 3 is 2.88 bits per heavy atom. The summed E-state index contributed by atoms with van der Waals surface area (Å²) in [5.41, 5.74) is 4.49. The summed E-state index contributed by atoms with van der Waals surface area (Å²) in [6.45, 7) is 8.27. The van der Waals surface area contributed by atoms with Crippen LogP contribution < -0.4 is 0 Å². The van der Waals surface area contributed by atoms with Crippen molar-refractivity contribution in [3.05, 3.63) is 35.5 Å². The molecule has 136 valence electrons. The smallest absolute Gasteiger partial charge is 0.113 e. The fraction of sp³-hybridized carbons (Fsp3) is 0.545. The number of ether oxygens (including phenoxy) is 1. The summed E-state index contributed by atoms with van der Waals surface area (Å²) >= 11 is 0. The number of benzene rings is 1. The molecule has 0 amide bonds. The van der Waals surface area contributed by atoms with Crippen molar-refractivity contribution in [1.82, 2.24) is 15.0 Å². The Hall–Kier alpha value is -2.12. The minimum Gasteiger partial charge on any atom is -0.376 e. The Balaban J connectivity index is 1.50. The number of hydrogen-bond donors (Lipinski definition) is 0. The SMILES string of the molecule is Cc1cc(C#CC2CC2)ccc1-c1cn(CC2OCCCC2(C)C)nn1. The van der Waals surface area contributed by atoms with E-state index in [9.17, 15) is 0 Å². The van der Waals surface area contributed by atoms with Crippen molar-refractivity contribution in [2.24, 2.45) is 11.3 Å². The Morgan fingerprint density at radius 1 is 1.31 bits per heavy atom. The van der Waals surface area contributed by atoms with Gasteiger partial charge in [-0.15, -0.1) is 5.10 Å². The predicted octanol–water partition coefficient (Wildman–Crippen LogP) is 4.22. The number of aromatic nitrogens is 3. The Bertz CT molecular complexity index is 852. The van der Waals surface area contributed by atoms with Crippen LogP contribution in [0.15, 0.2) is 24.4 Å². The molecule has 4 rings (SSSR count). The second-order valence-electron chi connectivity index (χ2n) is 8.35. The highest BCUT2D eigenvalue weighted by atomic mass is 16.5. The van der Waals surface area contributed by atoms with Crippen LogP contribution in [0.2, 0.25) is 0 Å². The van der Waals surface area contributed by atoms with Gasteiger partial charge in [-0.1, -0.05) is 37.0 Å². The van der Waals surface area contributed by atoms with Crippen LogP contribution >= 0.6 is 0 Å². The molecule has 1 aromatic carbocycles. The number of hydrogen-bond acceptors (Lipinski definition) is 3. The third kappa shape index (κ3) is 3.83. The van der Waals surface area contributed by atoms with Gasteiger partial charge in [-0.05, 0) is 55.7 Å². The highest BCUT2D eigenvalue weighted by Gasteiger charge is 2.33. The minimum atomic E-state index is 0.183. The summed E-state index contributed by atoms with van der Waals surface area (Å²) in [7, 11) is 0. The molecule has 1 aliphatic heterocycles. The average Bonchev–Trinajstić information content (AvgIpc) is 3.33. The summed E-state index contributed by atoms with van der Waals surface area (Å²) in [6, 6.07) is 6.35. The molecule has 4 nitrogen and oxygen atoms in total. The van der Waals surface area contributed by atoms with Gasteiger partial charge < -0.3 is 4.74 Å². The zero-order valence-corrected chi connectivity index (χ0v) is 16.0. The van der Waals surface area contributed by atoms with E-state index in [2.05, 4.69) is 61.1 Å². The van der Waals surface area contributed by atoms with E-state index in [1.807, 2.05) is 10.9 Å². The molecule has 0 N–H and O–H groups in total. The topological polar surface area (TPSA) is 39.9 Å². The van der Waals surface area contributed by atoms with E-state index >= 15 is 0 Å². The molecule has 0 radical (unpaired) electrons. The predicted molar refractivity (Wildman–Crippen MR) is 103 cm³/mol. The molecule has 2 aromatic rings. The van der Waals surface area contributed by atoms with Gasteiger partial charge in [-0.2, -0.15) is 0 Å². The first-order valence-corrected chi connectivity index (χ1v) is 9.65. The van der Waals surface area contributed by atoms with E-state index in [4.69, 9.17) is 4.74 Å². The van der Waals surface area contributed by atoms with Crippen molar-refractivity contribution in [3.63, 3.8) is 0 Å². The third-order valence-corrected chi connectivity index (χ3v) is 5.55. The highest BCUT2D eigenvalue weighted by Crippen LogP contribution is 2.34. The first-order chi connectivity index (χ1) is 12.5. The van der Waals surface area contributed by atoms with Gasteiger partial charge >= 0.3 is 0 Å². The zero-order valence-electron chi connectivity index (χ0n) is 16.0. The molecule has 0 bridgehead atoms. The Labute approximate surface area is 155 Å². The quantitative estimate of drug-likeness (QED) is 0.779. The van der Waals surface area contributed by atoms with Gasteiger partial charge in [-0.3, -0.25) is 0 Å². The van der Waals surface area contributed by atoms with E-state index in [0.717, 1.165) is 36.4 Å². The number of rotatable bonds is 3. The van der Waals surface area contributed by atoms with Crippen LogP contribution in [0.25, 0.3) is 11.3 Å². The highest BCUT2D eigenvalue weighted by molar-refractivity contribution is 5.64. The average molecular weight is 349 g/mol. The third-order valence-electron chi connectivity index (χ3n) is 5.55. The van der Waals surface area contributed by atoms with Crippen molar-refractivity contribution in [2.45, 2.75) is 59.1 Å². The van der Waals surface area contributed by atoms with Crippen LogP contribution in [0, 0.1) is 30.1 Å². The molecule has 1 unspecified atom stereocenters. The molecular formula is C22H27N3O. The lowest BCUT2D eigenvalue weighted by Gasteiger charge is -2.38. The Kier molecular flexibility index (Phi) is 4.58. The van der Waals surface area contributed by atoms with Crippen molar-refractivity contribution >= 4 is 0 Å². The minimum absolute atomic E-state index is 0.183. The van der Waals surface area contributed by atoms with E-state index in [1.165, 1.54) is 24.8 Å². The maximum Gasteiger partial charge on any atom is 0.113 e. The van der Waals surface area contributed by atoms with Crippen molar-refractivity contribution in [1.29, 1.82) is 0 Å². The molecule has 0 spiro atoms. The standard InChI is InChI=1S/C22H27N3O/c1-16-13-18(8-7-17-5-6-17)9-10-19(16)20-14-25(24-23-20)15-21-22(2,3)11-4-12-26-21/h9-10,13-14,17,21H,4-6,11-12,15H2,1-3H3. The molecule has 2 aliphatic rings. The largest absolute Gasteiger partial charge is 0.376 e. The molecule has 1 aliphatic carbocycles. The monoisotopic (exact) mass is 349 g/mol. The molecular weight excluding hydrogens is 322 g/mol. The van der Waals surface area contributed by atoms with E-state index in [-0.39, 0.29) is 11.5 Å². The molecule has 1 aromatic heterocycles. The second kappa shape index (κ2) is 6.89. The molecule has 2 heterocycles. The molecule has 2 fully saturated rings. The lowest BCUT2D eigenvalue weighted by Crippen LogP contribution is -2.39. The first-order valence-electron chi connectivity index (χ1n) is 9.65. The fourth-order valence-electron chi connectivity index (χ4n) is 3.56. The van der Waals surface area contributed by atoms with Crippen LogP contribution in [0.5, 0.6) is 0 Å². The summed E-state index contributed by atoms with van der Waals surface area (Å²) in [6.07, 6.45) is 7.07. The van der Waals surface area contributed by atoms with Gasteiger partial charge in [-0.25, -0.2) is 4.68 Å². The first kappa shape index (κ1) is 17.3. The van der Waals surface area contributed by atoms with E-state index in [1.54, 1.807) is 0 Å². The molecule has 4 heteroatoms. The van der Waals surface area contributed by atoms with Crippen LogP contribution in [0.1, 0.15) is 50.7 Å². The van der Waals surface area contributed by atoms with Crippen LogP contribution in [-0.2, 0) is 11.3 Å². The lowest BCUT2D eigenvalue weighted by atomic mass is 9.80. The number of nitrogens with zero attached hydrogens (tertiary/aromatic N) is 3. The van der Waals surface area contributed by atoms with Gasteiger partial charge in [0.2, 0.25) is 0 Å². The van der Waals surface area contributed by atoms with Crippen molar-refractivity contribution < 1.29 is 4.74 Å². The zero-order chi connectivity index (χ0) is 18.1. The van der Waals surface area contributed by atoms with E-state index < -0.39 is 0 Å². The summed E-state index contributed by atoms with van der Waals surface area (Å²) < 4.78 is 7.92. The molecule has 26 heavy (non-hydrogen) atoms.